The van der Waals surface area contributed by atoms with Crippen LogP contribution in [0.3, 0.4) is 0 Å². The quantitative estimate of drug-likeness (QED) is 0.605. The van der Waals surface area contributed by atoms with E-state index in [1.807, 2.05) is 0 Å². The molecule has 2 unspecified atom stereocenters. The number of nitrogens with zero attached hydrogens (tertiary/aromatic N) is 3. The van der Waals surface area contributed by atoms with E-state index in [0.29, 0.717) is 5.41 Å². The van der Waals surface area contributed by atoms with E-state index in [1.54, 1.807) is 0 Å². The van der Waals surface area contributed by atoms with Gasteiger partial charge in [0.05, 0.1) is 0 Å². The third-order valence-electron chi connectivity index (χ3n) is 5.34. The lowest BCUT2D eigenvalue weighted by atomic mass is 9.70. The molecule has 6 heteroatoms. The Kier molecular flexibility index (Phi) is 8.59. The lowest BCUT2D eigenvalue weighted by Gasteiger charge is -2.44. The summed E-state index contributed by atoms with van der Waals surface area (Å²) in [6.45, 7) is 20.2. The van der Waals surface area contributed by atoms with Gasteiger partial charge in [0.1, 0.15) is 0 Å². The van der Waals surface area contributed by atoms with Crippen molar-refractivity contribution in [2.45, 2.75) is 67.7 Å². The predicted molar refractivity (Wildman–Crippen MR) is 105 cm³/mol. The molecule has 0 bridgehead atoms. The van der Waals surface area contributed by atoms with Gasteiger partial charge in [0.15, 0.2) is 0 Å². The van der Waals surface area contributed by atoms with Crippen molar-refractivity contribution in [1.29, 1.82) is 0 Å². The molecule has 0 aromatic heterocycles. The van der Waals surface area contributed by atoms with Crippen molar-refractivity contribution in [2.24, 2.45) is 17.3 Å². The zero-order chi connectivity index (χ0) is 16.8. The van der Waals surface area contributed by atoms with Gasteiger partial charge in [-0.2, -0.15) is 0 Å². The Morgan fingerprint density at radius 1 is 0.773 bits per heavy atom. The molecule has 1 heterocycles. The van der Waals surface area contributed by atoms with Crippen molar-refractivity contribution in [3.63, 3.8) is 0 Å². The summed E-state index contributed by atoms with van der Waals surface area (Å²) in [6.07, 6.45) is 3.81. The van der Waals surface area contributed by atoms with Crippen molar-refractivity contribution in [2.75, 3.05) is 19.6 Å². The molecule has 2 atom stereocenters. The highest BCUT2D eigenvalue weighted by Gasteiger charge is 2.31. The molecule has 0 spiro atoms. The first-order valence-electron chi connectivity index (χ1n) is 9.46. The van der Waals surface area contributed by atoms with Crippen LogP contribution in [0.25, 0.3) is 0 Å². The van der Waals surface area contributed by atoms with Gasteiger partial charge in [0.25, 0.3) is 22.6 Å². The van der Waals surface area contributed by atoms with Crippen molar-refractivity contribution in [3.05, 3.63) is 0 Å². The molecule has 1 aliphatic rings. The summed E-state index contributed by atoms with van der Waals surface area (Å²) < 4.78 is 7.98. The van der Waals surface area contributed by atoms with E-state index in [4.69, 9.17) is 0 Å². The summed E-state index contributed by atoms with van der Waals surface area (Å²) in [7, 11) is 3.44. The summed E-state index contributed by atoms with van der Waals surface area (Å²) in [5.74, 6) is 1.59. The topological polar surface area (TPSA) is 9.72 Å². The highest BCUT2D eigenvalue weighted by Crippen LogP contribution is 2.22. The van der Waals surface area contributed by atoms with Crippen LogP contribution in [-0.2, 0) is 0 Å². The highest BCUT2D eigenvalue weighted by molar-refractivity contribution is 6.64. The van der Waals surface area contributed by atoms with Gasteiger partial charge in [-0.05, 0) is 43.3 Å². The maximum atomic E-state index is 2.66. The van der Waals surface area contributed by atoms with Crippen molar-refractivity contribution in [3.8, 4) is 0 Å². The standard InChI is InChI=1S/C16H38B3N3/c1-8-14(4)11-20-17-21(12-15(5)9-2)19-22(18-20)13-16(6,7)10-3/h14-15,17-19H,8-13H2,1-7H3. The second-order valence-corrected chi connectivity index (χ2v) is 8.50. The molecule has 0 aliphatic carbocycles. The van der Waals surface area contributed by atoms with Crippen LogP contribution in [-0.4, -0.2) is 56.4 Å². The zero-order valence-electron chi connectivity index (χ0n) is 16.4. The maximum Gasteiger partial charge on any atom is 0.270 e. The van der Waals surface area contributed by atoms with E-state index >= 15 is 0 Å². The van der Waals surface area contributed by atoms with Crippen LogP contribution >= 0.6 is 0 Å². The van der Waals surface area contributed by atoms with Crippen LogP contribution in [0, 0.1) is 17.3 Å². The number of hydrogen-bond acceptors (Lipinski definition) is 3. The molecule has 1 saturated heterocycles. The maximum absolute atomic E-state index is 2.66. The van der Waals surface area contributed by atoms with Crippen molar-refractivity contribution >= 4 is 22.6 Å². The first-order valence-corrected chi connectivity index (χ1v) is 9.46. The molecule has 126 valence electrons. The van der Waals surface area contributed by atoms with Gasteiger partial charge in [0, 0.05) is 0 Å². The third kappa shape index (κ3) is 7.10. The van der Waals surface area contributed by atoms with Crippen LogP contribution in [0.15, 0.2) is 0 Å². The third-order valence-corrected chi connectivity index (χ3v) is 5.34. The van der Waals surface area contributed by atoms with Crippen LogP contribution < -0.4 is 0 Å². The molecule has 0 N–H and O–H groups in total. The van der Waals surface area contributed by atoms with E-state index in [0.717, 1.165) is 34.5 Å². The normalized spacial score (nSPS) is 20.9. The zero-order valence-corrected chi connectivity index (χ0v) is 16.4. The van der Waals surface area contributed by atoms with Crippen LogP contribution in [0.5, 0.6) is 0 Å². The van der Waals surface area contributed by atoms with E-state index in [2.05, 4.69) is 62.6 Å². The van der Waals surface area contributed by atoms with Gasteiger partial charge in [-0.25, -0.2) is 0 Å². The molecule has 0 radical (unpaired) electrons. The fraction of sp³-hybridized carbons (Fsp3) is 1.00. The monoisotopic (exact) mass is 305 g/mol. The minimum absolute atomic E-state index is 0.418. The molecule has 1 aliphatic heterocycles. The Morgan fingerprint density at radius 2 is 1.18 bits per heavy atom. The number of rotatable bonds is 9. The Hall–Kier alpha value is 0.0748. The van der Waals surface area contributed by atoms with Gasteiger partial charge < -0.3 is 14.2 Å². The average molecular weight is 305 g/mol. The van der Waals surface area contributed by atoms with E-state index in [1.165, 1.54) is 38.9 Å². The summed E-state index contributed by atoms with van der Waals surface area (Å²) in [5.41, 5.74) is 0.418. The Labute approximate surface area is 142 Å². The highest BCUT2D eigenvalue weighted by atomic mass is 15.3. The van der Waals surface area contributed by atoms with Gasteiger partial charge in [-0.1, -0.05) is 61.3 Å². The minimum Gasteiger partial charge on any atom is -0.363 e. The molecule has 0 aromatic carbocycles. The predicted octanol–water partition coefficient (Wildman–Crippen LogP) is 2.23. The summed E-state index contributed by atoms with van der Waals surface area (Å²) in [4.78, 5) is 0. The van der Waals surface area contributed by atoms with Gasteiger partial charge in [-0.3, -0.25) is 0 Å². The smallest absolute Gasteiger partial charge is 0.270 e. The van der Waals surface area contributed by atoms with Gasteiger partial charge >= 0.3 is 0 Å². The van der Waals surface area contributed by atoms with Crippen molar-refractivity contribution < 1.29 is 0 Å². The van der Waals surface area contributed by atoms with Gasteiger partial charge in [0.2, 0.25) is 0 Å². The van der Waals surface area contributed by atoms with Gasteiger partial charge in [-0.15, -0.1) is 0 Å². The van der Waals surface area contributed by atoms with Crippen molar-refractivity contribution in [1.82, 2.24) is 14.2 Å². The average Bonchev–Trinajstić information content (AvgIpc) is 2.46. The Balaban J connectivity index is 2.67. The summed E-state index contributed by atoms with van der Waals surface area (Å²) in [5, 5.41) is 0. The molecule has 3 nitrogen and oxygen atoms in total. The SMILES string of the molecule is CCC(C)CN1BN(CC(C)CC)BN(CC(C)(C)CC)B1. The Morgan fingerprint density at radius 3 is 1.55 bits per heavy atom. The minimum atomic E-state index is 0.418. The fourth-order valence-electron chi connectivity index (χ4n) is 3.17. The summed E-state index contributed by atoms with van der Waals surface area (Å²) in [6, 6.07) is 0. The molecular weight excluding hydrogens is 267 g/mol. The second-order valence-electron chi connectivity index (χ2n) is 8.50. The second kappa shape index (κ2) is 9.39. The fourth-order valence-corrected chi connectivity index (χ4v) is 3.17. The molecular formula is C16H38B3N3. The molecule has 0 amide bonds. The van der Waals surface area contributed by atoms with E-state index in [-0.39, 0.29) is 0 Å². The molecule has 22 heavy (non-hydrogen) atoms. The molecule has 1 fully saturated rings. The largest absolute Gasteiger partial charge is 0.363 e. The summed E-state index contributed by atoms with van der Waals surface area (Å²) >= 11 is 0. The first kappa shape index (κ1) is 20.1. The number of hydrogen-bond donors (Lipinski definition) is 0. The van der Waals surface area contributed by atoms with Crippen LogP contribution in [0.2, 0.25) is 0 Å². The lowest BCUT2D eigenvalue weighted by Crippen LogP contribution is -2.63. The van der Waals surface area contributed by atoms with Crippen LogP contribution in [0.1, 0.15) is 67.7 Å². The van der Waals surface area contributed by atoms with E-state index < -0.39 is 0 Å². The molecule has 0 saturated carbocycles. The Bertz CT molecular complexity index is 295. The lowest BCUT2D eigenvalue weighted by molar-refractivity contribution is 0.287. The first-order chi connectivity index (χ1) is 10.3. The molecule has 1 rings (SSSR count). The van der Waals surface area contributed by atoms with E-state index in [9.17, 15) is 0 Å². The van der Waals surface area contributed by atoms with Crippen LogP contribution in [0.4, 0.5) is 0 Å². The molecule has 0 aromatic rings.